The SMILES string of the molecule is CC(C)C[C@@](C)(C=O)N(C)C(=O)CN. The Morgan fingerprint density at radius 1 is 1.57 bits per heavy atom. The number of aldehydes is 1. The molecule has 4 heteroatoms. The van der Waals surface area contributed by atoms with Crippen molar-refractivity contribution in [2.45, 2.75) is 32.7 Å². The van der Waals surface area contributed by atoms with Crippen LogP contribution in [0.3, 0.4) is 0 Å². The van der Waals surface area contributed by atoms with Crippen LogP contribution >= 0.6 is 0 Å². The quantitative estimate of drug-likeness (QED) is 0.654. The zero-order valence-electron chi connectivity index (χ0n) is 9.41. The van der Waals surface area contributed by atoms with E-state index in [1.54, 1.807) is 14.0 Å². The standard InChI is InChI=1S/C10H20N2O2/c1-8(2)5-10(3,7-13)12(4)9(14)6-11/h7-8H,5-6,11H2,1-4H3/t10-/m0/s1. The van der Waals surface area contributed by atoms with Crippen LogP contribution in [0.4, 0.5) is 0 Å². The Morgan fingerprint density at radius 2 is 2.07 bits per heavy atom. The lowest BCUT2D eigenvalue weighted by molar-refractivity contribution is -0.138. The molecule has 0 unspecified atom stereocenters. The van der Waals surface area contributed by atoms with E-state index in [0.29, 0.717) is 12.3 Å². The summed E-state index contributed by atoms with van der Waals surface area (Å²) in [5.74, 6) is 0.151. The van der Waals surface area contributed by atoms with E-state index in [0.717, 1.165) is 6.29 Å². The minimum Gasteiger partial charge on any atom is -0.332 e. The van der Waals surface area contributed by atoms with Gasteiger partial charge < -0.3 is 15.4 Å². The van der Waals surface area contributed by atoms with E-state index < -0.39 is 5.54 Å². The molecule has 0 aromatic carbocycles. The zero-order chi connectivity index (χ0) is 11.4. The van der Waals surface area contributed by atoms with E-state index in [-0.39, 0.29) is 12.5 Å². The predicted molar refractivity (Wildman–Crippen MR) is 55.7 cm³/mol. The molecule has 82 valence electrons. The third-order valence-electron chi connectivity index (χ3n) is 2.39. The van der Waals surface area contributed by atoms with Gasteiger partial charge in [0, 0.05) is 7.05 Å². The minimum absolute atomic E-state index is 0.0575. The summed E-state index contributed by atoms with van der Waals surface area (Å²) < 4.78 is 0. The van der Waals surface area contributed by atoms with Crippen LogP contribution in [-0.2, 0) is 9.59 Å². The lowest BCUT2D eigenvalue weighted by Crippen LogP contribution is -2.51. The highest BCUT2D eigenvalue weighted by atomic mass is 16.2. The summed E-state index contributed by atoms with van der Waals surface area (Å²) in [6.07, 6.45) is 1.47. The van der Waals surface area contributed by atoms with Gasteiger partial charge in [-0.25, -0.2) is 0 Å². The number of carbonyl (C=O) groups is 2. The topological polar surface area (TPSA) is 63.4 Å². The van der Waals surface area contributed by atoms with Gasteiger partial charge in [-0.1, -0.05) is 13.8 Å². The van der Waals surface area contributed by atoms with Crippen molar-refractivity contribution in [2.75, 3.05) is 13.6 Å². The predicted octanol–water partition coefficient (Wildman–Crippen LogP) is 0.407. The third kappa shape index (κ3) is 3.10. The van der Waals surface area contributed by atoms with Gasteiger partial charge in [0.1, 0.15) is 6.29 Å². The first-order valence-electron chi connectivity index (χ1n) is 4.80. The zero-order valence-corrected chi connectivity index (χ0v) is 9.41. The van der Waals surface area contributed by atoms with Gasteiger partial charge in [-0.15, -0.1) is 0 Å². The highest BCUT2D eigenvalue weighted by molar-refractivity contribution is 5.82. The normalized spacial score (nSPS) is 15.0. The molecule has 4 nitrogen and oxygen atoms in total. The Bertz CT molecular complexity index is 216. The van der Waals surface area contributed by atoms with Crippen molar-refractivity contribution in [3.8, 4) is 0 Å². The van der Waals surface area contributed by atoms with Gasteiger partial charge in [0.2, 0.25) is 5.91 Å². The molecule has 0 heterocycles. The van der Waals surface area contributed by atoms with Crippen molar-refractivity contribution in [3.63, 3.8) is 0 Å². The number of nitrogens with zero attached hydrogens (tertiary/aromatic N) is 1. The average molecular weight is 200 g/mol. The number of hydrogen-bond donors (Lipinski definition) is 1. The van der Waals surface area contributed by atoms with Crippen LogP contribution in [0, 0.1) is 5.92 Å². The van der Waals surface area contributed by atoms with Gasteiger partial charge in [-0.05, 0) is 19.3 Å². The van der Waals surface area contributed by atoms with Crippen LogP contribution in [0.1, 0.15) is 27.2 Å². The molecule has 0 rings (SSSR count). The maximum atomic E-state index is 11.3. The Morgan fingerprint density at radius 3 is 2.36 bits per heavy atom. The lowest BCUT2D eigenvalue weighted by Gasteiger charge is -2.35. The van der Waals surface area contributed by atoms with Crippen molar-refractivity contribution in [2.24, 2.45) is 11.7 Å². The molecular weight excluding hydrogens is 180 g/mol. The summed E-state index contributed by atoms with van der Waals surface area (Å²) in [6, 6.07) is 0. The van der Waals surface area contributed by atoms with Crippen LogP contribution in [-0.4, -0.2) is 36.2 Å². The Balaban J connectivity index is 4.66. The minimum atomic E-state index is -0.732. The second-order valence-corrected chi connectivity index (χ2v) is 4.23. The van der Waals surface area contributed by atoms with E-state index in [1.165, 1.54) is 4.90 Å². The fourth-order valence-electron chi connectivity index (χ4n) is 1.51. The van der Waals surface area contributed by atoms with Crippen LogP contribution in [0.2, 0.25) is 0 Å². The van der Waals surface area contributed by atoms with Crippen LogP contribution < -0.4 is 5.73 Å². The lowest BCUT2D eigenvalue weighted by atomic mass is 9.90. The summed E-state index contributed by atoms with van der Waals surface area (Å²) in [7, 11) is 1.62. The van der Waals surface area contributed by atoms with Crippen molar-refractivity contribution in [3.05, 3.63) is 0 Å². The molecule has 14 heavy (non-hydrogen) atoms. The van der Waals surface area contributed by atoms with Crippen LogP contribution in [0.25, 0.3) is 0 Å². The molecule has 1 amide bonds. The van der Waals surface area contributed by atoms with Gasteiger partial charge in [0.15, 0.2) is 0 Å². The molecular formula is C10H20N2O2. The van der Waals surface area contributed by atoms with E-state index in [2.05, 4.69) is 0 Å². The number of amides is 1. The monoisotopic (exact) mass is 200 g/mol. The molecule has 0 saturated carbocycles. The van der Waals surface area contributed by atoms with Crippen molar-refractivity contribution in [1.82, 2.24) is 4.90 Å². The summed E-state index contributed by atoms with van der Waals surface area (Å²) in [6.45, 7) is 5.73. The first kappa shape index (κ1) is 13.1. The molecule has 0 aliphatic heterocycles. The maximum Gasteiger partial charge on any atom is 0.236 e. The van der Waals surface area contributed by atoms with E-state index >= 15 is 0 Å². The fraction of sp³-hybridized carbons (Fsp3) is 0.800. The smallest absolute Gasteiger partial charge is 0.236 e. The maximum absolute atomic E-state index is 11.3. The third-order valence-corrected chi connectivity index (χ3v) is 2.39. The number of carbonyl (C=O) groups excluding carboxylic acids is 2. The molecule has 0 radical (unpaired) electrons. The van der Waals surface area contributed by atoms with Gasteiger partial charge >= 0.3 is 0 Å². The molecule has 0 aliphatic carbocycles. The molecule has 0 bridgehead atoms. The van der Waals surface area contributed by atoms with Crippen LogP contribution in [0.15, 0.2) is 0 Å². The fourth-order valence-corrected chi connectivity index (χ4v) is 1.51. The molecule has 1 atom stereocenters. The van der Waals surface area contributed by atoms with E-state index in [1.807, 2.05) is 13.8 Å². The summed E-state index contributed by atoms with van der Waals surface area (Å²) in [5, 5.41) is 0. The van der Waals surface area contributed by atoms with Crippen molar-refractivity contribution >= 4 is 12.2 Å². The number of nitrogens with two attached hydrogens (primary N) is 1. The summed E-state index contributed by atoms with van der Waals surface area (Å²) >= 11 is 0. The second kappa shape index (κ2) is 5.10. The van der Waals surface area contributed by atoms with Gasteiger partial charge in [0.25, 0.3) is 0 Å². The first-order valence-corrected chi connectivity index (χ1v) is 4.80. The molecule has 0 spiro atoms. The Hall–Kier alpha value is -0.900. The number of likely N-dealkylation sites (N-methyl/N-ethyl adjacent to an activating group) is 1. The molecule has 0 saturated heterocycles. The summed E-state index contributed by atoms with van der Waals surface area (Å²) in [4.78, 5) is 23.8. The molecule has 0 aromatic rings. The highest BCUT2D eigenvalue weighted by Gasteiger charge is 2.32. The molecule has 0 aromatic heterocycles. The second-order valence-electron chi connectivity index (χ2n) is 4.23. The Labute approximate surface area is 85.4 Å². The van der Waals surface area contributed by atoms with Crippen LogP contribution in [0.5, 0.6) is 0 Å². The number of hydrogen-bond acceptors (Lipinski definition) is 3. The van der Waals surface area contributed by atoms with Crippen molar-refractivity contribution < 1.29 is 9.59 Å². The average Bonchev–Trinajstić information content (AvgIpc) is 2.14. The Kier molecular flexibility index (Phi) is 4.77. The van der Waals surface area contributed by atoms with Crippen molar-refractivity contribution in [1.29, 1.82) is 0 Å². The largest absolute Gasteiger partial charge is 0.332 e. The number of rotatable bonds is 5. The first-order chi connectivity index (χ1) is 6.37. The van der Waals surface area contributed by atoms with Gasteiger partial charge in [-0.2, -0.15) is 0 Å². The van der Waals surface area contributed by atoms with Gasteiger partial charge in [0.05, 0.1) is 12.1 Å². The molecule has 0 aliphatic rings. The van der Waals surface area contributed by atoms with E-state index in [9.17, 15) is 9.59 Å². The summed E-state index contributed by atoms with van der Waals surface area (Å²) in [5.41, 5.74) is 4.52. The highest BCUT2D eigenvalue weighted by Crippen LogP contribution is 2.20. The van der Waals surface area contributed by atoms with Gasteiger partial charge in [-0.3, -0.25) is 4.79 Å². The molecule has 0 fully saturated rings. The molecule has 2 N–H and O–H groups in total. The van der Waals surface area contributed by atoms with E-state index in [4.69, 9.17) is 5.73 Å².